The lowest BCUT2D eigenvalue weighted by molar-refractivity contribution is -0.143. The van der Waals surface area contributed by atoms with Crippen molar-refractivity contribution in [2.24, 2.45) is 0 Å². The number of benzene rings is 1. The van der Waals surface area contributed by atoms with Crippen molar-refractivity contribution >= 4 is 34.8 Å². The predicted molar refractivity (Wildman–Crippen MR) is 120 cm³/mol. The molecule has 2 aliphatic heterocycles. The fourth-order valence-electron chi connectivity index (χ4n) is 3.90. The number of carbonyl (C=O) groups is 3. The number of anilines is 1. The highest BCUT2D eigenvalue weighted by atomic mass is 16.6. The first-order chi connectivity index (χ1) is 16.0. The van der Waals surface area contributed by atoms with Crippen molar-refractivity contribution in [3.8, 4) is 0 Å². The molecule has 0 radical (unpaired) electrons. The summed E-state index contributed by atoms with van der Waals surface area (Å²) in [4.78, 5) is 46.2. The zero-order valence-electron chi connectivity index (χ0n) is 18.4. The Hall–Kier alpha value is -3.79. The largest absolute Gasteiger partial charge is 0.465 e. The van der Waals surface area contributed by atoms with Crippen LogP contribution in [-0.4, -0.2) is 66.3 Å². The fraction of sp³-hybridized carbons (Fsp3) is 0.348. The SMILES string of the molecule is CCOC(=O)[C@H]1NCC(c2ccc(N3C[C@H](CNC(C)=O)OC3=O)cc2)=C1c1ncccn1. The molecule has 1 saturated heterocycles. The molecule has 0 saturated carbocycles. The van der Waals surface area contributed by atoms with E-state index in [4.69, 9.17) is 9.47 Å². The van der Waals surface area contributed by atoms with Crippen LogP contribution < -0.4 is 15.5 Å². The van der Waals surface area contributed by atoms with Crippen LogP contribution in [0.2, 0.25) is 0 Å². The van der Waals surface area contributed by atoms with Crippen LogP contribution in [0, 0.1) is 0 Å². The Morgan fingerprint density at radius 1 is 1.24 bits per heavy atom. The summed E-state index contributed by atoms with van der Waals surface area (Å²) in [5.41, 5.74) is 3.12. The number of hydrogen-bond acceptors (Lipinski definition) is 8. The van der Waals surface area contributed by atoms with E-state index >= 15 is 0 Å². The number of rotatable bonds is 7. The van der Waals surface area contributed by atoms with Gasteiger partial charge in [0.1, 0.15) is 12.1 Å². The molecule has 10 heteroatoms. The van der Waals surface area contributed by atoms with Crippen molar-refractivity contribution in [3.63, 3.8) is 0 Å². The molecule has 0 aliphatic carbocycles. The molecular formula is C23H25N5O5. The second-order valence-corrected chi connectivity index (χ2v) is 7.63. The third-order valence-electron chi connectivity index (χ3n) is 5.41. The number of aromatic nitrogens is 2. The molecule has 0 bridgehead atoms. The molecule has 2 aromatic rings. The number of nitrogens with one attached hydrogen (secondary N) is 2. The second kappa shape index (κ2) is 9.78. The van der Waals surface area contributed by atoms with Crippen molar-refractivity contribution < 1.29 is 23.9 Å². The predicted octanol–water partition coefficient (Wildman–Crippen LogP) is 1.38. The molecule has 33 heavy (non-hydrogen) atoms. The molecule has 0 spiro atoms. The van der Waals surface area contributed by atoms with Crippen molar-refractivity contribution in [2.45, 2.75) is 26.0 Å². The van der Waals surface area contributed by atoms with Crippen LogP contribution in [0.4, 0.5) is 10.5 Å². The van der Waals surface area contributed by atoms with Crippen molar-refractivity contribution in [1.29, 1.82) is 0 Å². The molecule has 1 fully saturated rings. The van der Waals surface area contributed by atoms with E-state index in [0.29, 0.717) is 30.2 Å². The average Bonchev–Trinajstić information content (AvgIpc) is 3.42. The minimum atomic E-state index is -0.662. The summed E-state index contributed by atoms with van der Waals surface area (Å²) in [5.74, 6) is -0.0909. The number of esters is 1. The van der Waals surface area contributed by atoms with Crippen molar-refractivity contribution in [3.05, 3.63) is 54.1 Å². The van der Waals surface area contributed by atoms with Gasteiger partial charge in [0.15, 0.2) is 5.82 Å². The van der Waals surface area contributed by atoms with E-state index in [1.165, 1.54) is 11.8 Å². The van der Waals surface area contributed by atoms with Gasteiger partial charge in [-0.1, -0.05) is 12.1 Å². The molecule has 1 aromatic heterocycles. The van der Waals surface area contributed by atoms with E-state index in [9.17, 15) is 14.4 Å². The number of amides is 2. The average molecular weight is 451 g/mol. The van der Waals surface area contributed by atoms with Gasteiger partial charge in [-0.25, -0.2) is 19.6 Å². The summed E-state index contributed by atoms with van der Waals surface area (Å²) in [7, 11) is 0. The molecule has 4 rings (SSSR count). The van der Waals surface area contributed by atoms with Gasteiger partial charge in [-0.15, -0.1) is 0 Å². The van der Waals surface area contributed by atoms with Crippen LogP contribution >= 0.6 is 0 Å². The van der Waals surface area contributed by atoms with Gasteiger partial charge in [-0.05, 0) is 36.3 Å². The Kier molecular flexibility index (Phi) is 6.64. The van der Waals surface area contributed by atoms with Gasteiger partial charge in [0.2, 0.25) is 5.91 Å². The van der Waals surface area contributed by atoms with Crippen LogP contribution in [0.1, 0.15) is 25.2 Å². The Morgan fingerprint density at radius 3 is 2.64 bits per heavy atom. The molecule has 1 aromatic carbocycles. The number of cyclic esters (lactones) is 1. The maximum Gasteiger partial charge on any atom is 0.414 e. The maximum atomic E-state index is 12.5. The minimum absolute atomic E-state index is 0.174. The first-order valence-corrected chi connectivity index (χ1v) is 10.7. The van der Waals surface area contributed by atoms with Crippen molar-refractivity contribution in [2.75, 3.05) is 31.1 Å². The lowest BCUT2D eigenvalue weighted by Gasteiger charge is -2.15. The van der Waals surface area contributed by atoms with Crippen LogP contribution in [0.5, 0.6) is 0 Å². The van der Waals surface area contributed by atoms with Gasteiger partial charge < -0.3 is 14.8 Å². The monoisotopic (exact) mass is 451 g/mol. The van der Waals surface area contributed by atoms with Gasteiger partial charge in [0.05, 0.1) is 19.7 Å². The van der Waals surface area contributed by atoms with Gasteiger partial charge in [0.25, 0.3) is 0 Å². The third-order valence-corrected chi connectivity index (χ3v) is 5.41. The summed E-state index contributed by atoms with van der Waals surface area (Å²) < 4.78 is 10.6. The van der Waals surface area contributed by atoms with Crippen molar-refractivity contribution in [1.82, 2.24) is 20.6 Å². The quantitative estimate of drug-likeness (QED) is 0.606. The highest BCUT2D eigenvalue weighted by Gasteiger charge is 2.35. The Labute approximate surface area is 191 Å². The van der Waals surface area contributed by atoms with Crippen LogP contribution in [-0.2, 0) is 19.1 Å². The summed E-state index contributed by atoms with van der Waals surface area (Å²) in [6.07, 6.45) is 2.40. The molecule has 3 heterocycles. The molecule has 2 amide bonds. The Balaban J connectivity index is 1.59. The third kappa shape index (κ3) is 4.85. The molecule has 172 valence electrons. The second-order valence-electron chi connectivity index (χ2n) is 7.63. The van der Waals surface area contributed by atoms with E-state index in [1.54, 1.807) is 25.4 Å². The number of hydrogen-bond donors (Lipinski definition) is 2. The topological polar surface area (TPSA) is 123 Å². The van der Waals surface area contributed by atoms with E-state index in [1.807, 2.05) is 24.3 Å². The minimum Gasteiger partial charge on any atom is -0.465 e. The maximum absolute atomic E-state index is 12.5. The Morgan fingerprint density at radius 2 is 1.97 bits per heavy atom. The molecule has 2 N–H and O–H groups in total. The van der Waals surface area contributed by atoms with Crippen LogP contribution in [0.15, 0.2) is 42.7 Å². The fourth-order valence-corrected chi connectivity index (χ4v) is 3.90. The summed E-state index contributed by atoms with van der Waals surface area (Å²) in [6, 6.07) is 8.48. The molecule has 10 nitrogen and oxygen atoms in total. The first kappa shape index (κ1) is 22.4. The van der Waals surface area contributed by atoms with E-state index in [-0.39, 0.29) is 25.0 Å². The number of ether oxygens (including phenoxy) is 2. The van der Waals surface area contributed by atoms with E-state index in [0.717, 1.165) is 11.1 Å². The zero-order valence-corrected chi connectivity index (χ0v) is 18.4. The molecule has 2 aliphatic rings. The highest BCUT2D eigenvalue weighted by Crippen LogP contribution is 2.33. The smallest absolute Gasteiger partial charge is 0.414 e. The lowest BCUT2D eigenvalue weighted by atomic mass is 9.98. The van der Waals surface area contributed by atoms with Gasteiger partial charge in [-0.3, -0.25) is 15.0 Å². The zero-order chi connectivity index (χ0) is 23.4. The standard InChI is InChI=1S/C23H25N5O5/c1-3-32-22(30)20-19(21-24-9-4-10-25-21)18(12-27-20)15-5-7-16(8-6-15)28-13-17(33-23(28)31)11-26-14(2)29/h4-10,17,20,27H,3,11-13H2,1-2H3,(H,26,29)/t17-,20-/m0/s1. The van der Waals surface area contributed by atoms with Crippen LogP contribution in [0.25, 0.3) is 11.1 Å². The van der Waals surface area contributed by atoms with Gasteiger partial charge >= 0.3 is 12.1 Å². The summed E-state index contributed by atoms with van der Waals surface area (Å²) in [5, 5.41) is 5.86. The van der Waals surface area contributed by atoms with Gasteiger partial charge in [-0.2, -0.15) is 0 Å². The normalized spacial score (nSPS) is 20.1. The van der Waals surface area contributed by atoms with Crippen LogP contribution in [0.3, 0.4) is 0 Å². The van der Waals surface area contributed by atoms with Gasteiger partial charge in [0, 0.05) is 37.1 Å². The number of nitrogens with zero attached hydrogens (tertiary/aromatic N) is 3. The van der Waals surface area contributed by atoms with E-state index < -0.39 is 18.2 Å². The summed E-state index contributed by atoms with van der Waals surface area (Å²) >= 11 is 0. The molecular weight excluding hydrogens is 426 g/mol. The van der Waals surface area contributed by atoms with E-state index in [2.05, 4.69) is 20.6 Å². The molecule has 2 atom stereocenters. The first-order valence-electron chi connectivity index (χ1n) is 10.7. The lowest BCUT2D eigenvalue weighted by Crippen LogP contribution is -2.35. The highest BCUT2D eigenvalue weighted by molar-refractivity contribution is 6.04. The number of carbonyl (C=O) groups excluding carboxylic acids is 3. The Bertz CT molecular complexity index is 1070. The summed E-state index contributed by atoms with van der Waals surface area (Å²) in [6.45, 7) is 4.51. The molecule has 0 unspecified atom stereocenters.